The van der Waals surface area contributed by atoms with Gasteiger partial charge in [-0.15, -0.1) is 0 Å². The Morgan fingerprint density at radius 3 is 2.43 bits per heavy atom. The van der Waals surface area contributed by atoms with Gasteiger partial charge in [0.15, 0.2) is 0 Å². The van der Waals surface area contributed by atoms with Crippen molar-refractivity contribution in [2.24, 2.45) is 5.92 Å². The predicted octanol–water partition coefficient (Wildman–Crippen LogP) is 1.28. The van der Waals surface area contributed by atoms with Gasteiger partial charge in [-0.1, -0.05) is 31.4 Å². The van der Waals surface area contributed by atoms with Gasteiger partial charge < -0.3 is 5.32 Å². The first-order valence-corrected chi connectivity index (χ1v) is 7.69. The molecule has 2 rings (SSSR count). The first-order chi connectivity index (χ1) is 11.1. The monoisotopic (exact) mass is 321 g/mol. The molecule has 0 radical (unpaired) electrons. The summed E-state index contributed by atoms with van der Waals surface area (Å²) in [5, 5.41) is 2.30. The number of amides is 3. The van der Waals surface area contributed by atoms with E-state index in [2.05, 4.69) is 16.2 Å². The molecule has 0 aliphatic heterocycles. The van der Waals surface area contributed by atoms with Crippen molar-refractivity contribution in [2.45, 2.75) is 32.1 Å². The first kappa shape index (κ1) is 16.9. The first-order valence-electron chi connectivity index (χ1n) is 7.69. The third kappa shape index (κ3) is 5.05. The Hall–Kier alpha value is -2.44. The van der Waals surface area contributed by atoms with E-state index in [1.165, 1.54) is 24.3 Å². The minimum absolute atomic E-state index is 0.0722. The van der Waals surface area contributed by atoms with E-state index in [0.717, 1.165) is 32.1 Å². The summed E-state index contributed by atoms with van der Waals surface area (Å²) < 4.78 is 13.4. The van der Waals surface area contributed by atoms with Gasteiger partial charge in [-0.05, 0) is 25.0 Å². The molecular weight excluding hydrogens is 301 g/mol. The number of carbonyl (C=O) groups excluding carboxylic acids is 3. The molecule has 0 bridgehead atoms. The molecule has 1 fully saturated rings. The zero-order valence-corrected chi connectivity index (χ0v) is 12.7. The highest BCUT2D eigenvalue weighted by Crippen LogP contribution is 2.23. The zero-order chi connectivity index (χ0) is 16.7. The highest BCUT2D eigenvalue weighted by Gasteiger charge is 2.21. The number of carbonyl (C=O) groups is 3. The van der Waals surface area contributed by atoms with Crippen LogP contribution >= 0.6 is 0 Å². The van der Waals surface area contributed by atoms with Gasteiger partial charge in [0.2, 0.25) is 5.91 Å². The van der Waals surface area contributed by atoms with E-state index >= 15 is 0 Å². The van der Waals surface area contributed by atoms with E-state index in [0.29, 0.717) is 0 Å². The molecule has 1 aromatic rings. The van der Waals surface area contributed by atoms with E-state index in [9.17, 15) is 18.8 Å². The summed E-state index contributed by atoms with van der Waals surface area (Å²) in [6.07, 6.45) is 4.82. The smallest absolute Gasteiger partial charge is 0.257 e. The minimum Gasteiger partial charge on any atom is -0.343 e. The standard InChI is InChI=1S/C16H20FN3O3/c17-13-9-5-4-8-12(13)16(23)18-10-14(21)19-20-15(22)11-6-2-1-3-7-11/h4-5,8-9,11H,1-3,6-7,10H2,(H,18,23)(H,19,21)(H,20,22). The number of rotatable bonds is 4. The lowest BCUT2D eigenvalue weighted by Crippen LogP contribution is -2.48. The second-order valence-corrected chi connectivity index (χ2v) is 5.53. The molecule has 3 N–H and O–H groups in total. The fourth-order valence-corrected chi connectivity index (χ4v) is 2.54. The Balaban J connectivity index is 1.71. The van der Waals surface area contributed by atoms with Crippen molar-refractivity contribution < 1.29 is 18.8 Å². The lowest BCUT2D eigenvalue weighted by atomic mass is 9.89. The van der Waals surface area contributed by atoms with Crippen LogP contribution in [0.4, 0.5) is 4.39 Å². The molecule has 0 spiro atoms. The quantitative estimate of drug-likeness (QED) is 0.730. The van der Waals surface area contributed by atoms with Crippen LogP contribution in [-0.4, -0.2) is 24.3 Å². The Morgan fingerprint density at radius 1 is 1.04 bits per heavy atom. The van der Waals surface area contributed by atoms with Crippen LogP contribution in [0.3, 0.4) is 0 Å². The Kier molecular flexibility index (Phi) is 6.08. The zero-order valence-electron chi connectivity index (χ0n) is 12.7. The highest BCUT2D eigenvalue weighted by atomic mass is 19.1. The van der Waals surface area contributed by atoms with Crippen molar-refractivity contribution >= 4 is 17.7 Å². The fourth-order valence-electron chi connectivity index (χ4n) is 2.54. The number of hydrazine groups is 1. The van der Waals surface area contributed by atoms with E-state index in [4.69, 9.17) is 0 Å². The molecule has 6 nitrogen and oxygen atoms in total. The molecule has 1 aliphatic rings. The third-order valence-corrected chi connectivity index (χ3v) is 3.83. The summed E-state index contributed by atoms with van der Waals surface area (Å²) in [7, 11) is 0. The van der Waals surface area contributed by atoms with Gasteiger partial charge in [0, 0.05) is 5.92 Å². The number of nitrogens with one attached hydrogen (secondary N) is 3. The maximum Gasteiger partial charge on any atom is 0.257 e. The van der Waals surface area contributed by atoms with Gasteiger partial charge >= 0.3 is 0 Å². The third-order valence-electron chi connectivity index (χ3n) is 3.83. The fraction of sp³-hybridized carbons (Fsp3) is 0.438. The second kappa shape index (κ2) is 8.26. The van der Waals surface area contributed by atoms with Crippen LogP contribution in [0.2, 0.25) is 0 Å². The van der Waals surface area contributed by atoms with Crippen molar-refractivity contribution in [3.05, 3.63) is 35.6 Å². The molecule has 1 saturated carbocycles. The molecule has 0 saturated heterocycles. The molecule has 7 heteroatoms. The van der Waals surface area contributed by atoms with Crippen molar-refractivity contribution in [3.8, 4) is 0 Å². The summed E-state index contributed by atoms with van der Waals surface area (Å²) in [5.74, 6) is -2.19. The van der Waals surface area contributed by atoms with Crippen molar-refractivity contribution in [2.75, 3.05) is 6.54 Å². The molecule has 3 amide bonds. The lowest BCUT2D eigenvalue weighted by Gasteiger charge is -2.20. The highest BCUT2D eigenvalue weighted by molar-refractivity contribution is 5.96. The second-order valence-electron chi connectivity index (χ2n) is 5.53. The van der Waals surface area contributed by atoms with E-state index in [1.54, 1.807) is 0 Å². The number of hydrogen-bond acceptors (Lipinski definition) is 3. The van der Waals surface area contributed by atoms with Gasteiger partial charge in [0.1, 0.15) is 5.82 Å². The summed E-state index contributed by atoms with van der Waals surface area (Å²) in [6.45, 7) is -0.349. The van der Waals surface area contributed by atoms with E-state index in [1.807, 2.05) is 0 Å². The summed E-state index contributed by atoms with van der Waals surface area (Å²) in [4.78, 5) is 35.2. The minimum atomic E-state index is -0.683. The predicted molar refractivity (Wildman–Crippen MR) is 81.6 cm³/mol. The van der Waals surface area contributed by atoms with Crippen molar-refractivity contribution in [1.29, 1.82) is 0 Å². The molecule has 0 aromatic heterocycles. The normalized spacial score (nSPS) is 14.8. The molecule has 0 heterocycles. The van der Waals surface area contributed by atoms with Crippen molar-refractivity contribution in [1.82, 2.24) is 16.2 Å². The van der Waals surface area contributed by atoms with Gasteiger partial charge in [-0.2, -0.15) is 0 Å². The maximum atomic E-state index is 13.4. The lowest BCUT2D eigenvalue weighted by molar-refractivity contribution is -0.131. The van der Waals surface area contributed by atoms with Gasteiger partial charge in [0.25, 0.3) is 11.8 Å². The molecule has 0 atom stereocenters. The molecule has 0 unspecified atom stereocenters. The summed E-state index contributed by atoms with van der Waals surface area (Å²) in [5.41, 5.74) is 4.48. The van der Waals surface area contributed by atoms with Crippen LogP contribution < -0.4 is 16.2 Å². The SMILES string of the molecule is O=C(CNC(=O)c1ccccc1F)NNC(=O)C1CCCCC1. The largest absolute Gasteiger partial charge is 0.343 e. The average molecular weight is 321 g/mol. The molecule has 1 aliphatic carbocycles. The Bertz CT molecular complexity index is 586. The van der Waals surface area contributed by atoms with Crippen LogP contribution in [0.5, 0.6) is 0 Å². The van der Waals surface area contributed by atoms with Gasteiger partial charge in [-0.3, -0.25) is 25.2 Å². The van der Waals surface area contributed by atoms with Gasteiger partial charge in [0.05, 0.1) is 12.1 Å². The van der Waals surface area contributed by atoms with Crippen LogP contribution in [-0.2, 0) is 9.59 Å². The maximum absolute atomic E-state index is 13.4. The average Bonchev–Trinajstić information content (AvgIpc) is 2.58. The molecule has 124 valence electrons. The van der Waals surface area contributed by atoms with Crippen LogP contribution in [0.25, 0.3) is 0 Å². The molecule has 23 heavy (non-hydrogen) atoms. The van der Waals surface area contributed by atoms with Crippen LogP contribution in [0.15, 0.2) is 24.3 Å². The number of hydrogen-bond donors (Lipinski definition) is 3. The van der Waals surface area contributed by atoms with Crippen molar-refractivity contribution in [3.63, 3.8) is 0 Å². The summed E-state index contributed by atoms with van der Waals surface area (Å²) >= 11 is 0. The topological polar surface area (TPSA) is 87.3 Å². The number of halogens is 1. The van der Waals surface area contributed by atoms with Crippen LogP contribution in [0.1, 0.15) is 42.5 Å². The number of benzene rings is 1. The molecule has 1 aromatic carbocycles. The van der Waals surface area contributed by atoms with Crippen LogP contribution in [0, 0.1) is 11.7 Å². The molecular formula is C16H20FN3O3. The Labute approximate surface area is 133 Å². The van der Waals surface area contributed by atoms with E-state index in [-0.39, 0.29) is 23.9 Å². The Morgan fingerprint density at radius 2 is 1.74 bits per heavy atom. The summed E-state index contributed by atoms with van der Waals surface area (Å²) in [6, 6.07) is 5.49. The van der Waals surface area contributed by atoms with E-state index < -0.39 is 17.6 Å². The van der Waals surface area contributed by atoms with Gasteiger partial charge in [-0.25, -0.2) is 4.39 Å².